The molecular formula is C16H13Cl2FO3. The molecule has 0 saturated heterocycles. The lowest BCUT2D eigenvalue weighted by molar-refractivity contribution is -0.152. The summed E-state index contributed by atoms with van der Waals surface area (Å²) in [5.74, 6) is -0.654. The highest BCUT2D eigenvalue weighted by molar-refractivity contribution is 6.31. The minimum absolute atomic E-state index is 0.135. The van der Waals surface area contributed by atoms with Gasteiger partial charge in [0.15, 0.2) is 6.10 Å². The third-order valence-electron chi connectivity index (χ3n) is 2.88. The summed E-state index contributed by atoms with van der Waals surface area (Å²) in [5, 5.41) is 0.774. The van der Waals surface area contributed by atoms with Gasteiger partial charge in [0.1, 0.15) is 18.2 Å². The number of carbonyl (C=O) groups excluding carboxylic acids is 1. The first-order valence-corrected chi connectivity index (χ1v) is 7.24. The molecule has 0 radical (unpaired) electrons. The van der Waals surface area contributed by atoms with E-state index >= 15 is 0 Å². The fourth-order valence-electron chi connectivity index (χ4n) is 1.70. The number of ether oxygens (including phenoxy) is 2. The Hall–Kier alpha value is -1.78. The van der Waals surface area contributed by atoms with Crippen LogP contribution in [0.25, 0.3) is 0 Å². The van der Waals surface area contributed by atoms with Crippen molar-refractivity contribution in [3.05, 3.63) is 63.9 Å². The lowest BCUT2D eigenvalue weighted by atomic mass is 10.2. The highest BCUT2D eigenvalue weighted by Crippen LogP contribution is 2.21. The topological polar surface area (TPSA) is 35.5 Å². The van der Waals surface area contributed by atoms with E-state index in [1.165, 1.54) is 18.2 Å². The first kappa shape index (κ1) is 16.6. The Kier molecular flexibility index (Phi) is 5.63. The summed E-state index contributed by atoms with van der Waals surface area (Å²) >= 11 is 11.6. The molecule has 1 atom stereocenters. The van der Waals surface area contributed by atoms with Crippen LogP contribution >= 0.6 is 23.2 Å². The van der Waals surface area contributed by atoms with Crippen LogP contribution in [0.15, 0.2) is 42.5 Å². The molecule has 0 aromatic heterocycles. The third-order valence-corrected chi connectivity index (χ3v) is 3.48. The molecular weight excluding hydrogens is 330 g/mol. The molecule has 22 heavy (non-hydrogen) atoms. The molecule has 0 heterocycles. The van der Waals surface area contributed by atoms with E-state index < -0.39 is 17.9 Å². The molecule has 0 N–H and O–H groups in total. The molecule has 2 rings (SSSR count). The van der Waals surface area contributed by atoms with Crippen LogP contribution in [0.4, 0.5) is 4.39 Å². The highest BCUT2D eigenvalue weighted by atomic mass is 35.5. The van der Waals surface area contributed by atoms with Crippen LogP contribution in [0.5, 0.6) is 5.75 Å². The van der Waals surface area contributed by atoms with Crippen molar-refractivity contribution in [2.45, 2.75) is 19.6 Å². The molecule has 2 aromatic rings. The summed E-state index contributed by atoms with van der Waals surface area (Å²) in [5.41, 5.74) is 0.135. The van der Waals surface area contributed by atoms with Gasteiger partial charge in [-0.05, 0) is 43.3 Å². The molecule has 2 aromatic carbocycles. The Morgan fingerprint density at radius 2 is 1.86 bits per heavy atom. The van der Waals surface area contributed by atoms with Gasteiger partial charge in [0.05, 0.1) is 5.02 Å². The molecule has 0 amide bonds. The standard InChI is InChI=1S/C16H13Cl2FO3/c1-10(22-12-7-5-11(17)6-8-12)16(20)21-9-13-14(18)3-2-4-15(13)19/h2-8,10H,9H2,1H3. The van der Waals surface area contributed by atoms with Gasteiger partial charge in [0.2, 0.25) is 0 Å². The van der Waals surface area contributed by atoms with Crippen molar-refractivity contribution in [2.24, 2.45) is 0 Å². The van der Waals surface area contributed by atoms with Crippen molar-refractivity contribution >= 4 is 29.2 Å². The molecule has 1 unspecified atom stereocenters. The van der Waals surface area contributed by atoms with E-state index in [4.69, 9.17) is 32.7 Å². The molecule has 0 fully saturated rings. The van der Waals surface area contributed by atoms with Gasteiger partial charge in [-0.3, -0.25) is 0 Å². The van der Waals surface area contributed by atoms with Crippen LogP contribution in [0.2, 0.25) is 10.0 Å². The molecule has 0 aliphatic heterocycles. The number of halogens is 3. The first-order valence-electron chi connectivity index (χ1n) is 6.49. The maximum Gasteiger partial charge on any atom is 0.347 e. The Labute approximate surface area is 137 Å². The molecule has 0 spiro atoms. The normalized spacial score (nSPS) is 11.8. The van der Waals surface area contributed by atoms with Crippen molar-refractivity contribution < 1.29 is 18.7 Å². The molecule has 6 heteroatoms. The van der Waals surface area contributed by atoms with Crippen molar-refractivity contribution in [1.29, 1.82) is 0 Å². The Balaban J connectivity index is 1.93. The van der Waals surface area contributed by atoms with Crippen molar-refractivity contribution in [3.8, 4) is 5.75 Å². The van der Waals surface area contributed by atoms with Crippen LogP contribution < -0.4 is 4.74 Å². The molecule has 116 valence electrons. The summed E-state index contributed by atoms with van der Waals surface area (Å²) in [6.07, 6.45) is -0.841. The maximum absolute atomic E-state index is 13.6. The fraction of sp³-hybridized carbons (Fsp3) is 0.188. The van der Waals surface area contributed by atoms with Crippen LogP contribution in [0, 0.1) is 5.82 Å². The molecule has 0 saturated carbocycles. The second kappa shape index (κ2) is 7.47. The predicted molar refractivity (Wildman–Crippen MR) is 82.7 cm³/mol. The van der Waals surface area contributed by atoms with Gasteiger partial charge in [0, 0.05) is 10.6 Å². The van der Waals surface area contributed by atoms with E-state index in [1.54, 1.807) is 31.2 Å². The highest BCUT2D eigenvalue weighted by Gasteiger charge is 2.18. The Morgan fingerprint density at radius 1 is 1.18 bits per heavy atom. The quantitative estimate of drug-likeness (QED) is 0.742. The summed E-state index contributed by atoms with van der Waals surface area (Å²) in [6, 6.07) is 10.8. The van der Waals surface area contributed by atoms with Gasteiger partial charge < -0.3 is 9.47 Å². The largest absolute Gasteiger partial charge is 0.479 e. The summed E-state index contributed by atoms with van der Waals surface area (Å²) in [7, 11) is 0. The average Bonchev–Trinajstić information content (AvgIpc) is 2.48. The number of hydrogen-bond acceptors (Lipinski definition) is 3. The van der Waals surface area contributed by atoms with E-state index in [1.807, 2.05) is 0 Å². The van der Waals surface area contributed by atoms with Gasteiger partial charge >= 0.3 is 5.97 Å². The van der Waals surface area contributed by atoms with Gasteiger partial charge in [-0.15, -0.1) is 0 Å². The van der Waals surface area contributed by atoms with Gasteiger partial charge in [-0.2, -0.15) is 0 Å². The van der Waals surface area contributed by atoms with Crippen LogP contribution in [0.1, 0.15) is 12.5 Å². The van der Waals surface area contributed by atoms with Crippen molar-refractivity contribution in [3.63, 3.8) is 0 Å². The zero-order valence-electron chi connectivity index (χ0n) is 11.7. The first-order chi connectivity index (χ1) is 10.5. The number of rotatable bonds is 5. The SMILES string of the molecule is CC(Oc1ccc(Cl)cc1)C(=O)OCc1c(F)cccc1Cl. The van der Waals surface area contributed by atoms with E-state index in [0.29, 0.717) is 10.8 Å². The minimum atomic E-state index is -0.841. The summed E-state index contributed by atoms with van der Waals surface area (Å²) in [4.78, 5) is 11.9. The van der Waals surface area contributed by atoms with Gasteiger partial charge in [-0.25, -0.2) is 9.18 Å². The number of benzene rings is 2. The zero-order chi connectivity index (χ0) is 16.1. The van der Waals surface area contributed by atoms with E-state index in [-0.39, 0.29) is 17.2 Å². The molecule has 3 nitrogen and oxygen atoms in total. The Bertz CT molecular complexity index is 639. The molecule has 0 aliphatic carbocycles. The second-order valence-corrected chi connectivity index (χ2v) is 5.37. The molecule has 0 aliphatic rings. The second-order valence-electron chi connectivity index (χ2n) is 4.52. The summed E-state index contributed by atoms with van der Waals surface area (Å²) in [6.45, 7) is 1.29. The lowest BCUT2D eigenvalue weighted by Crippen LogP contribution is -2.26. The van der Waals surface area contributed by atoms with Crippen molar-refractivity contribution in [2.75, 3.05) is 0 Å². The third kappa shape index (κ3) is 4.36. The average molecular weight is 343 g/mol. The van der Waals surface area contributed by atoms with E-state index in [9.17, 15) is 9.18 Å². The smallest absolute Gasteiger partial charge is 0.347 e. The van der Waals surface area contributed by atoms with E-state index in [0.717, 1.165) is 0 Å². The van der Waals surface area contributed by atoms with Crippen LogP contribution in [-0.2, 0) is 16.1 Å². The Morgan fingerprint density at radius 3 is 2.50 bits per heavy atom. The van der Waals surface area contributed by atoms with Gasteiger partial charge in [0.25, 0.3) is 0 Å². The molecule has 0 bridgehead atoms. The fourth-order valence-corrected chi connectivity index (χ4v) is 2.04. The summed E-state index contributed by atoms with van der Waals surface area (Å²) < 4.78 is 24.0. The monoisotopic (exact) mass is 342 g/mol. The van der Waals surface area contributed by atoms with Crippen molar-refractivity contribution in [1.82, 2.24) is 0 Å². The van der Waals surface area contributed by atoms with Crippen LogP contribution in [0.3, 0.4) is 0 Å². The number of hydrogen-bond donors (Lipinski definition) is 0. The number of carbonyl (C=O) groups is 1. The van der Waals surface area contributed by atoms with Crippen LogP contribution in [-0.4, -0.2) is 12.1 Å². The van der Waals surface area contributed by atoms with E-state index in [2.05, 4.69) is 0 Å². The number of esters is 1. The lowest BCUT2D eigenvalue weighted by Gasteiger charge is -2.14. The predicted octanol–water partition coefficient (Wildman–Crippen LogP) is 4.64. The van der Waals surface area contributed by atoms with Gasteiger partial charge in [-0.1, -0.05) is 29.3 Å². The zero-order valence-corrected chi connectivity index (χ0v) is 13.2. The minimum Gasteiger partial charge on any atom is -0.479 e. The maximum atomic E-state index is 13.6.